The minimum atomic E-state index is -0.369. The lowest BCUT2D eigenvalue weighted by atomic mass is 10.1. The number of nitrogens with one attached hydrogen (secondary N) is 1. The van der Waals surface area contributed by atoms with Crippen LogP contribution in [0.25, 0.3) is 0 Å². The number of anilines is 1. The number of nitro groups is 1. The molecule has 0 atom stereocenters. The summed E-state index contributed by atoms with van der Waals surface area (Å²) in [6.45, 7) is 0. The first-order valence-electron chi connectivity index (χ1n) is 6.10. The molecule has 1 heterocycles. The molecule has 2 fully saturated rings. The highest BCUT2D eigenvalue weighted by Gasteiger charge is 2.42. The van der Waals surface area contributed by atoms with Crippen molar-refractivity contribution in [3.05, 3.63) is 28.6 Å². The first-order valence-corrected chi connectivity index (χ1v) is 6.10. The molecular formula is C12H15N3O2. The summed E-state index contributed by atoms with van der Waals surface area (Å²) in [7, 11) is 0. The Morgan fingerprint density at radius 3 is 2.53 bits per heavy atom. The quantitative estimate of drug-likeness (QED) is 0.627. The summed E-state index contributed by atoms with van der Waals surface area (Å²) in [6, 6.07) is 2.13. The Balaban J connectivity index is 1.80. The summed E-state index contributed by atoms with van der Waals surface area (Å²) in [4.78, 5) is 14.3. The van der Waals surface area contributed by atoms with E-state index in [2.05, 4.69) is 10.3 Å². The van der Waals surface area contributed by atoms with Gasteiger partial charge in [0, 0.05) is 12.2 Å². The van der Waals surface area contributed by atoms with E-state index in [9.17, 15) is 10.1 Å². The van der Waals surface area contributed by atoms with E-state index in [-0.39, 0.29) is 10.6 Å². The molecule has 0 aromatic carbocycles. The van der Waals surface area contributed by atoms with Crippen molar-refractivity contribution in [1.29, 1.82) is 0 Å². The average Bonchev–Trinajstić information content (AvgIpc) is 3.16. The van der Waals surface area contributed by atoms with E-state index in [0.29, 0.717) is 11.7 Å². The molecule has 0 spiro atoms. The third kappa shape index (κ3) is 2.23. The molecule has 3 rings (SSSR count). The van der Waals surface area contributed by atoms with Crippen molar-refractivity contribution in [2.45, 2.75) is 31.7 Å². The standard InChI is InChI=1S/C12H15N3O2/c16-15(17)11-7-13-6-5-10(11)14-12(8-1-2-8)9-3-4-9/h5-9,12H,1-4H2,(H,13,14). The van der Waals surface area contributed by atoms with E-state index in [4.69, 9.17) is 0 Å². The van der Waals surface area contributed by atoms with Gasteiger partial charge in [-0.2, -0.15) is 0 Å². The predicted molar refractivity (Wildman–Crippen MR) is 63.8 cm³/mol. The van der Waals surface area contributed by atoms with Gasteiger partial charge in [-0.1, -0.05) is 0 Å². The first-order chi connectivity index (χ1) is 8.25. The van der Waals surface area contributed by atoms with Crippen molar-refractivity contribution in [2.24, 2.45) is 11.8 Å². The summed E-state index contributed by atoms with van der Waals surface area (Å²) < 4.78 is 0. The number of hydrogen-bond donors (Lipinski definition) is 1. The van der Waals surface area contributed by atoms with Gasteiger partial charge in [-0.25, -0.2) is 0 Å². The Labute approximate surface area is 99.4 Å². The summed E-state index contributed by atoms with van der Waals surface area (Å²) >= 11 is 0. The maximum atomic E-state index is 10.9. The van der Waals surface area contributed by atoms with Crippen LogP contribution in [0.15, 0.2) is 18.5 Å². The highest BCUT2D eigenvalue weighted by atomic mass is 16.6. The largest absolute Gasteiger partial charge is 0.376 e. The van der Waals surface area contributed by atoms with Crippen LogP contribution < -0.4 is 5.32 Å². The van der Waals surface area contributed by atoms with E-state index in [0.717, 1.165) is 11.8 Å². The lowest BCUT2D eigenvalue weighted by Gasteiger charge is -2.18. The molecule has 0 bridgehead atoms. The van der Waals surface area contributed by atoms with Crippen LogP contribution in [0.5, 0.6) is 0 Å². The second-order valence-corrected chi connectivity index (χ2v) is 4.99. The van der Waals surface area contributed by atoms with Crippen LogP contribution in [-0.2, 0) is 0 Å². The Hall–Kier alpha value is -1.65. The topological polar surface area (TPSA) is 68.1 Å². The van der Waals surface area contributed by atoms with Crippen LogP contribution in [-0.4, -0.2) is 15.9 Å². The van der Waals surface area contributed by atoms with E-state index in [1.54, 1.807) is 12.3 Å². The Bertz CT molecular complexity index is 429. The molecule has 1 aromatic rings. The van der Waals surface area contributed by atoms with Crippen LogP contribution in [0.1, 0.15) is 25.7 Å². The van der Waals surface area contributed by atoms with Gasteiger partial charge >= 0.3 is 5.69 Å². The van der Waals surface area contributed by atoms with Gasteiger partial charge in [0.15, 0.2) is 0 Å². The second kappa shape index (κ2) is 3.98. The van der Waals surface area contributed by atoms with Gasteiger partial charge < -0.3 is 5.32 Å². The van der Waals surface area contributed by atoms with E-state index in [1.807, 2.05) is 0 Å². The molecule has 5 nitrogen and oxygen atoms in total. The maximum absolute atomic E-state index is 10.9. The molecule has 1 N–H and O–H groups in total. The summed E-state index contributed by atoms with van der Waals surface area (Å²) in [5, 5.41) is 14.3. The van der Waals surface area contributed by atoms with Crippen molar-refractivity contribution in [2.75, 3.05) is 5.32 Å². The third-order valence-electron chi connectivity index (χ3n) is 3.58. The smallest absolute Gasteiger partial charge is 0.310 e. The third-order valence-corrected chi connectivity index (χ3v) is 3.58. The highest BCUT2D eigenvalue weighted by Crippen LogP contribution is 2.46. The molecule has 0 saturated heterocycles. The summed E-state index contributed by atoms with van der Waals surface area (Å²) in [5.74, 6) is 1.44. The highest BCUT2D eigenvalue weighted by molar-refractivity contribution is 5.60. The maximum Gasteiger partial charge on any atom is 0.310 e. The molecule has 2 aliphatic rings. The monoisotopic (exact) mass is 233 g/mol. The van der Waals surface area contributed by atoms with Crippen molar-refractivity contribution in [3.8, 4) is 0 Å². The zero-order valence-electron chi connectivity index (χ0n) is 9.50. The van der Waals surface area contributed by atoms with Crippen LogP contribution in [0.2, 0.25) is 0 Å². The molecule has 2 saturated carbocycles. The molecule has 0 radical (unpaired) electrons. The molecule has 2 aliphatic carbocycles. The van der Waals surface area contributed by atoms with Gasteiger partial charge in [-0.05, 0) is 43.6 Å². The predicted octanol–water partition coefficient (Wildman–Crippen LogP) is 2.59. The Morgan fingerprint density at radius 1 is 1.35 bits per heavy atom. The number of nitrogens with zero attached hydrogens (tertiary/aromatic N) is 2. The number of rotatable bonds is 5. The molecular weight excluding hydrogens is 218 g/mol. The fourth-order valence-corrected chi connectivity index (χ4v) is 2.36. The average molecular weight is 233 g/mol. The van der Waals surface area contributed by atoms with E-state index < -0.39 is 0 Å². The number of pyridine rings is 1. The minimum Gasteiger partial charge on any atom is -0.376 e. The van der Waals surface area contributed by atoms with Crippen molar-refractivity contribution < 1.29 is 4.92 Å². The van der Waals surface area contributed by atoms with Gasteiger partial charge in [-0.3, -0.25) is 15.1 Å². The number of hydrogen-bond acceptors (Lipinski definition) is 4. The molecule has 0 unspecified atom stereocenters. The van der Waals surface area contributed by atoms with Gasteiger partial charge in [0.05, 0.1) is 4.92 Å². The van der Waals surface area contributed by atoms with Gasteiger partial charge in [0.1, 0.15) is 11.9 Å². The zero-order chi connectivity index (χ0) is 11.8. The van der Waals surface area contributed by atoms with Crippen molar-refractivity contribution in [1.82, 2.24) is 4.98 Å². The minimum absolute atomic E-state index is 0.0822. The van der Waals surface area contributed by atoms with E-state index >= 15 is 0 Å². The van der Waals surface area contributed by atoms with Crippen LogP contribution in [0.4, 0.5) is 11.4 Å². The van der Waals surface area contributed by atoms with Gasteiger partial charge in [0.25, 0.3) is 0 Å². The fourth-order valence-electron chi connectivity index (χ4n) is 2.36. The van der Waals surface area contributed by atoms with Crippen LogP contribution in [0, 0.1) is 22.0 Å². The van der Waals surface area contributed by atoms with Crippen molar-refractivity contribution in [3.63, 3.8) is 0 Å². The molecule has 90 valence electrons. The lowest BCUT2D eigenvalue weighted by Crippen LogP contribution is -2.24. The molecule has 0 amide bonds. The lowest BCUT2D eigenvalue weighted by molar-refractivity contribution is -0.384. The SMILES string of the molecule is O=[N+]([O-])c1cnccc1NC(C1CC1)C1CC1. The molecule has 1 aromatic heterocycles. The second-order valence-electron chi connectivity index (χ2n) is 4.99. The van der Waals surface area contributed by atoms with Crippen LogP contribution >= 0.6 is 0 Å². The van der Waals surface area contributed by atoms with Crippen LogP contribution in [0.3, 0.4) is 0 Å². The van der Waals surface area contributed by atoms with Gasteiger partial charge in [-0.15, -0.1) is 0 Å². The Morgan fingerprint density at radius 2 is 2.00 bits per heavy atom. The molecule has 0 aliphatic heterocycles. The first kappa shape index (κ1) is 10.5. The molecule has 5 heteroatoms. The summed E-state index contributed by atoms with van der Waals surface area (Å²) in [5.41, 5.74) is 0.701. The van der Waals surface area contributed by atoms with Crippen molar-refractivity contribution >= 4 is 11.4 Å². The summed E-state index contributed by atoms with van der Waals surface area (Å²) in [6.07, 6.45) is 7.95. The normalized spacial score (nSPS) is 19.4. The Kier molecular flexibility index (Phi) is 2.46. The number of aromatic nitrogens is 1. The zero-order valence-corrected chi connectivity index (χ0v) is 9.50. The fraction of sp³-hybridized carbons (Fsp3) is 0.583. The molecule has 17 heavy (non-hydrogen) atoms. The van der Waals surface area contributed by atoms with E-state index in [1.165, 1.54) is 31.9 Å². The van der Waals surface area contributed by atoms with Gasteiger partial charge in [0.2, 0.25) is 0 Å².